The molecule has 0 unspecified atom stereocenters. The molecule has 0 saturated carbocycles. The molecule has 3 aromatic rings. The van der Waals surface area contributed by atoms with E-state index in [2.05, 4.69) is 0 Å². The van der Waals surface area contributed by atoms with Crippen LogP contribution in [0.3, 0.4) is 0 Å². The Morgan fingerprint density at radius 1 is 1.03 bits per heavy atom. The number of amides is 1. The van der Waals surface area contributed by atoms with Gasteiger partial charge in [0.15, 0.2) is 17.3 Å². The number of nitrogens with zero attached hydrogens (tertiary/aromatic N) is 1. The highest BCUT2D eigenvalue weighted by molar-refractivity contribution is 7.09. The van der Waals surface area contributed by atoms with Crippen LogP contribution in [0.5, 0.6) is 17.2 Å². The third-order valence-corrected chi connectivity index (χ3v) is 5.96. The van der Waals surface area contributed by atoms with Gasteiger partial charge >= 0.3 is 0 Å². The number of fused-ring (bicyclic) bond motifs is 1. The smallest absolute Gasteiger partial charge is 0.227 e. The van der Waals surface area contributed by atoms with Crippen molar-refractivity contribution in [3.63, 3.8) is 0 Å². The number of ether oxygens (including phenoxy) is 3. The first-order chi connectivity index (χ1) is 15.6. The minimum Gasteiger partial charge on any atom is -0.494 e. The summed E-state index contributed by atoms with van der Waals surface area (Å²) in [6.45, 7) is 3.48. The maximum absolute atomic E-state index is 13.1. The molecule has 7 heteroatoms. The van der Waals surface area contributed by atoms with Gasteiger partial charge in [-0.15, -0.1) is 11.3 Å². The number of benzene rings is 2. The van der Waals surface area contributed by atoms with Gasteiger partial charge < -0.3 is 19.1 Å². The van der Waals surface area contributed by atoms with E-state index >= 15 is 0 Å². The monoisotopic (exact) mass is 451 g/mol. The Balaban J connectivity index is 1.38. The van der Waals surface area contributed by atoms with Gasteiger partial charge in [0.05, 0.1) is 13.2 Å². The molecule has 0 atom stereocenters. The van der Waals surface area contributed by atoms with Crippen molar-refractivity contribution in [3.8, 4) is 17.2 Å². The van der Waals surface area contributed by atoms with Crippen LogP contribution in [0.2, 0.25) is 0 Å². The number of Topliss-reactive ketones (excluding diaryl/α,β-unsaturated/α-hetero) is 1. The molecule has 6 nitrogen and oxygen atoms in total. The van der Waals surface area contributed by atoms with Crippen LogP contribution < -0.4 is 19.1 Å². The zero-order valence-electron chi connectivity index (χ0n) is 17.9. The van der Waals surface area contributed by atoms with Crippen LogP contribution in [0.25, 0.3) is 0 Å². The molecule has 0 aliphatic carbocycles. The minimum absolute atomic E-state index is 0.0191. The lowest BCUT2D eigenvalue weighted by Crippen LogP contribution is -2.30. The number of ketones is 1. The normalized spacial score (nSPS) is 12.3. The van der Waals surface area contributed by atoms with Gasteiger partial charge in [-0.05, 0) is 61.2 Å². The fraction of sp³-hybridized carbons (Fsp3) is 0.280. The average Bonchev–Trinajstić information content (AvgIpc) is 3.33. The summed E-state index contributed by atoms with van der Waals surface area (Å²) in [6.07, 6.45) is 0.935. The Labute approximate surface area is 191 Å². The van der Waals surface area contributed by atoms with Crippen molar-refractivity contribution in [2.45, 2.75) is 26.3 Å². The Morgan fingerprint density at radius 2 is 1.81 bits per heavy atom. The summed E-state index contributed by atoms with van der Waals surface area (Å²) in [5, 5.41) is 2.01. The second kappa shape index (κ2) is 10.3. The van der Waals surface area contributed by atoms with Crippen LogP contribution in [-0.2, 0) is 11.3 Å². The minimum atomic E-state index is 0.0191. The van der Waals surface area contributed by atoms with E-state index in [9.17, 15) is 9.59 Å². The molecule has 0 fully saturated rings. The molecular weight excluding hydrogens is 426 g/mol. The third kappa shape index (κ3) is 5.48. The van der Waals surface area contributed by atoms with Crippen molar-refractivity contribution in [2.75, 3.05) is 24.7 Å². The molecule has 2 aromatic carbocycles. The highest BCUT2D eigenvalue weighted by Crippen LogP contribution is 2.35. The standard InChI is InChI=1S/C25H25NO5S/c1-18(27)19-6-9-21(10-7-19)29-12-2-5-25(28)26(17-22-4-3-15-32-22)20-8-11-23-24(16-20)31-14-13-30-23/h3-4,6-11,15-16H,2,5,12-14,17H2,1H3. The molecule has 1 aliphatic rings. The van der Waals surface area contributed by atoms with Crippen LogP contribution >= 0.6 is 11.3 Å². The van der Waals surface area contributed by atoms with Crippen molar-refractivity contribution >= 4 is 28.7 Å². The van der Waals surface area contributed by atoms with Gasteiger partial charge in [-0.2, -0.15) is 0 Å². The van der Waals surface area contributed by atoms with E-state index in [1.165, 1.54) is 6.92 Å². The summed E-state index contributed by atoms with van der Waals surface area (Å²) in [5.41, 5.74) is 1.43. The third-order valence-electron chi connectivity index (χ3n) is 5.10. The second-order valence-corrected chi connectivity index (χ2v) is 8.45. The van der Waals surface area contributed by atoms with Crippen LogP contribution in [0.1, 0.15) is 35.0 Å². The fourth-order valence-electron chi connectivity index (χ4n) is 3.42. The van der Waals surface area contributed by atoms with Crippen LogP contribution in [0.4, 0.5) is 5.69 Å². The van der Waals surface area contributed by atoms with E-state index in [0.717, 1.165) is 10.6 Å². The molecule has 166 valence electrons. The number of hydrogen-bond acceptors (Lipinski definition) is 6. The van der Waals surface area contributed by atoms with Crippen molar-refractivity contribution in [1.29, 1.82) is 0 Å². The van der Waals surface area contributed by atoms with E-state index < -0.39 is 0 Å². The van der Waals surface area contributed by atoms with Crippen LogP contribution in [0, 0.1) is 0 Å². The molecule has 2 heterocycles. The first-order valence-electron chi connectivity index (χ1n) is 10.6. The van der Waals surface area contributed by atoms with Crippen molar-refractivity contribution in [2.24, 2.45) is 0 Å². The van der Waals surface area contributed by atoms with Crippen molar-refractivity contribution in [1.82, 2.24) is 0 Å². The molecule has 4 rings (SSSR count). The van der Waals surface area contributed by atoms with E-state index in [4.69, 9.17) is 14.2 Å². The van der Waals surface area contributed by atoms with Gasteiger partial charge in [-0.1, -0.05) is 6.07 Å². The van der Waals surface area contributed by atoms with Gasteiger partial charge in [-0.25, -0.2) is 0 Å². The van der Waals surface area contributed by atoms with Gasteiger partial charge in [0, 0.05) is 28.6 Å². The average molecular weight is 452 g/mol. The highest BCUT2D eigenvalue weighted by atomic mass is 32.1. The molecule has 0 bridgehead atoms. The Hall–Kier alpha value is -3.32. The number of hydrogen-bond donors (Lipinski definition) is 0. The topological polar surface area (TPSA) is 65.1 Å². The lowest BCUT2D eigenvalue weighted by atomic mass is 10.1. The fourth-order valence-corrected chi connectivity index (χ4v) is 4.11. The highest BCUT2D eigenvalue weighted by Gasteiger charge is 2.20. The quantitative estimate of drug-likeness (QED) is 0.334. The molecule has 0 N–H and O–H groups in total. The summed E-state index contributed by atoms with van der Waals surface area (Å²) < 4.78 is 17.0. The van der Waals surface area contributed by atoms with E-state index in [1.807, 2.05) is 35.7 Å². The molecule has 1 aliphatic heterocycles. The Bertz CT molecular complexity index is 1060. The summed E-state index contributed by atoms with van der Waals surface area (Å²) in [4.78, 5) is 27.4. The maximum atomic E-state index is 13.1. The number of rotatable bonds is 9. The number of thiophene rings is 1. The summed E-state index contributed by atoms with van der Waals surface area (Å²) in [5.74, 6) is 2.09. The van der Waals surface area contributed by atoms with Crippen LogP contribution in [-0.4, -0.2) is 31.5 Å². The molecule has 0 saturated heterocycles. The van der Waals surface area contributed by atoms with Crippen LogP contribution in [0.15, 0.2) is 60.0 Å². The van der Waals surface area contributed by atoms with Crippen molar-refractivity contribution in [3.05, 3.63) is 70.4 Å². The lowest BCUT2D eigenvalue weighted by molar-refractivity contribution is -0.119. The zero-order valence-corrected chi connectivity index (χ0v) is 18.7. The molecule has 32 heavy (non-hydrogen) atoms. The molecule has 1 amide bonds. The first kappa shape index (κ1) is 21.9. The van der Waals surface area contributed by atoms with Gasteiger partial charge in [0.2, 0.25) is 5.91 Å². The molecule has 0 radical (unpaired) electrons. The van der Waals surface area contributed by atoms with Gasteiger partial charge in [-0.3, -0.25) is 9.59 Å². The zero-order chi connectivity index (χ0) is 22.3. The molecule has 1 aromatic heterocycles. The van der Waals surface area contributed by atoms with E-state index in [0.29, 0.717) is 62.0 Å². The number of anilines is 1. The molecule has 0 spiro atoms. The SMILES string of the molecule is CC(=O)c1ccc(OCCCC(=O)N(Cc2cccs2)c2ccc3c(c2)OCCO3)cc1. The summed E-state index contributed by atoms with van der Waals surface area (Å²) in [7, 11) is 0. The predicted octanol–water partition coefficient (Wildman–Crippen LogP) is 5.11. The molecular formula is C25H25NO5S. The number of carbonyl (C=O) groups is 2. The maximum Gasteiger partial charge on any atom is 0.227 e. The van der Waals surface area contributed by atoms with Gasteiger partial charge in [0.1, 0.15) is 19.0 Å². The predicted molar refractivity (Wildman–Crippen MR) is 124 cm³/mol. The lowest BCUT2D eigenvalue weighted by Gasteiger charge is -2.25. The largest absolute Gasteiger partial charge is 0.494 e. The van der Waals surface area contributed by atoms with Gasteiger partial charge in [0.25, 0.3) is 0 Å². The first-order valence-corrected chi connectivity index (χ1v) is 11.4. The van der Waals surface area contributed by atoms with E-state index in [1.54, 1.807) is 40.5 Å². The summed E-state index contributed by atoms with van der Waals surface area (Å²) >= 11 is 1.62. The summed E-state index contributed by atoms with van der Waals surface area (Å²) in [6, 6.07) is 16.7. The van der Waals surface area contributed by atoms with Crippen molar-refractivity contribution < 1.29 is 23.8 Å². The Kier molecular flexibility index (Phi) is 7.07. The Morgan fingerprint density at radius 3 is 2.53 bits per heavy atom. The second-order valence-electron chi connectivity index (χ2n) is 7.42. The number of carbonyl (C=O) groups excluding carboxylic acids is 2. The van der Waals surface area contributed by atoms with E-state index in [-0.39, 0.29) is 11.7 Å².